The van der Waals surface area contributed by atoms with Crippen molar-refractivity contribution in [2.24, 2.45) is 5.73 Å². The number of hydrogen-bond acceptors (Lipinski definition) is 5. The van der Waals surface area contributed by atoms with Gasteiger partial charge in [-0.2, -0.15) is 0 Å². The maximum atomic E-state index is 11.4. The van der Waals surface area contributed by atoms with Crippen molar-refractivity contribution in [2.75, 3.05) is 12.8 Å². The highest BCUT2D eigenvalue weighted by Crippen LogP contribution is 2.24. The van der Waals surface area contributed by atoms with Crippen LogP contribution in [-0.4, -0.2) is 29.2 Å². The average molecular weight is 307 g/mol. The number of nitrogens with one attached hydrogen (secondary N) is 1. The molecule has 0 radical (unpaired) electrons. The Morgan fingerprint density at radius 2 is 2.19 bits per heavy atom. The molecular weight excluding hydrogens is 286 g/mol. The Kier molecular flexibility index (Phi) is 5.25. The van der Waals surface area contributed by atoms with Gasteiger partial charge in [0.25, 0.3) is 5.22 Å². The zero-order chi connectivity index (χ0) is 15.3. The summed E-state index contributed by atoms with van der Waals surface area (Å²) in [4.78, 5) is 15.8. The topological polar surface area (TPSA) is 81.2 Å². The number of primary amides is 1. The van der Waals surface area contributed by atoms with Gasteiger partial charge in [0.1, 0.15) is 5.52 Å². The van der Waals surface area contributed by atoms with Crippen molar-refractivity contribution in [3.05, 3.63) is 24.3 Å². The number of thioether (sulfide) groups is 1. The number of amides is 1. The number of fused-ring (bicyclic) bond motifs is 1. The predicted octanol–water partition coefficient (Wildman–Crippen LogP) is 2.55. The third kappa shape index (κ3) is 3.98. The van der Waals surface area contributed by atoms with Crippen LogP contribution < -0.4 is 11.1 Å². The molecule has 1 aromatic carbocycles. The fourth-order valence-electron chi connectivity index (χ4n) is 2.02. The summed E-state index contributed by atoms with van der Waals surface area (Å²) in [5.74, 6) is 0.599. The molecule has 114 valence electrons. The lowest BCUT2D eigenvalue weighted by Crippen LogP contribution is -2.51. The van der Waals surface area contributed by atoms with E-state index in [9.17, 15) is 4.79 Å². The summed E-state index contributed by atoms with van der Waals surface area (Å²) in [7, 11) is 1.76. The Hall–Kier alpha value is -1.53. The van der Waals surface area contributed by atoms with Gasteiger partial charge in [0.05, 0.1) is 5.54 Å². The zero-order valence-electron chi connectivity index (χ0n) is 12.4. The van der Waals surface area contributed by atoms with Crippen LogP contribution in [-0.2, 0) is 4.79 Å². The highest BCUT2D eigenvalue weighted by Gasteiger charge is 2.27. The number of unbranched alkanes of at least 4 members (excludes halogenated alkanes) is 1. The molecule has 0 bridgehead atoms. The summed E-state index contributed by atoms with van der Waals surface area (Å²) in [6.45, 7) is 1.84. The van der Waals surface area contributed by atoms with Crippen molar-refractivity contribution in [2.45, 2.75) is 36.9 Å². The van der Waals surface area contributed by atoms with Gasteiger partial charge >= 0.3 is 0 Å². The van der Waals surface area contributed by atoms with Crippen molar-refractivity contribution in [1.29, 1.82) is 0 Å². The molecule has 0 spiro atoms. The second kappa shape index (κ2) is 6.95. The molecule has 5 nitrogen and oxygen atoms in total. The van der Waals surface area contributed by atoms with E-state index in [1.807, 2.05) is 31.2 Å². The standard InChI is InChI=1S/C15H21N3O2S/c1-15(17-2,13(16)19)9-5-6-10-21-14-18-11-7-3-4-8-12(11)20-14/h3-4,7-8,17H,5-6,9-10H2,1-2H3,(H2,16,19). The molecule has 1 aromatic heterocycles. The minimum absolute atomic E-state index is 0.309. The maximum Gasteiger partial charge on any atom is 0.256 e. The molecule has 0 aliphatic rings. The molecule has 2 aromatic rings. The first-order valence-electron chi connectivity index (χ1n) is 7.02. The minimum atomic E-state index is -0.623. The molecule has 0 saturated heterocycles. The third-order valence-corrected chi connectivity index (χ3v) is 4.58. The lowest BCUT2D eigenvalue weighted by atomic mass is 9.94. The van der Waals surface area contributed by atoms with E-state index in [1.165, 1.54) is 0 Å². The average Bonchev–Trinajstić information content (AvgIpc) is 2.89. The molecule has 1 atom stereocenters. The van der Waals surface area contributed by atoms with Crippen molar-refractivity contribution in [3.8, 4) is 0 Å². The molecule has 2 rings (SSSR count). The molecule has 1 heterocycles. The Labute approximate surface area is 128 Å². The van der Waals surface area contributed by atoms with Gasteiger partial charge < -0.3 is 15.5 Å². The van der Waals surface area contributed by atoms with Gasteiger partial charge in [0.15, 0.2) is 5.58 Å². The quantitative estimate of drug-likeness (QED) is 0.578. The van der Waals surface area contributed by atoms with Crippen LogP contribution in [0.15, 0.2) is 33.9 Å². The zero-order valence-corrected chi connectivity index (χ0v) is 13.2. The number of rotatable bonds is 8. The van der Waals surface area contributed by atoms with Crippen molar-refractivity contribution in [3.63, 3.8) is 0 Å². The fourth-order valence-corrected chi connectivity index (χ4v) is 2.86. The molecule has 6 heteroatoms. The number of aromatic nitrogens is 1. The van der Waals surface area contributed by atoms with Crippen LogP contribution in [0.25, 0.3) is 11.1 Å². The fraction of sp³-hybridized carbons (Fsp3) is 0.467. The van der Waals surface area contributed by atoms with Crippen LogP contribution in [0, 0.1) is 0 Å². The number of likely N-dealkylation sites (N-methyl/N-ethyl adjacent to an activating group) is 1. The molecular formula is C15H21N3O2S. The van der Waals surface area contributed by atoms with Gasteiger partial charge in [0.2, 0.25) is 5.91 Å². The molecule has 1 amide bonds. The molecule has 3 N–H and O–H groups in total. The SMILES string of the molecule is CNC(C)(CCCCSc1nc2ccccc2o1)C(N)=O. The van der Waals surface area contributed by atoms with Gasteiger partial charge in [-0.1, -0.05) is 30.3 Å². The van der Waals surface area contributed by atoms with E-state index >= 15 is 0 Å². The van der Waals surface area contributed by atoms with E-state index in [0.717, 1.165) is 36.1 Å². The first-order valence-corrected chi connectivity index (χ1v) is 8.01. The van der Waals surface area contributed by atoms with Crippen LogP contribution in [0.1, 0.15) is 26.2 Å². The number of nitrogens with zero attached hydrogens (tertiary/aromatic N) is 1. The summed E-state index contributed by atoms with van der Waals surface area (Å²) in [5.41, 5.74) is 6.48. The predicted molar refractivity (Wildman–Crippen MR) is 85.2 cm³/mol. The second-order valence-electron chi connectivity index (χ2n) is 5.20. The number of nitrogens with two attached hydrogens (primary N) is 1. The lowest BCUT2D eigenvalue weighted by molar-refractivity contribution is -0.123. The second-order valence-corrected chi connectivity index (χ2v) is 6.25. The summed E-state index contributed by atoms with van der Waals surface area (Å²) >= 11 is 1.60. The summed E-state index contributed by atoms with van der Waals surface area (Å²) < 4.78 is 5.64. The van der Waals surface area contributed by atoms with Crippen LogP contribution >= 0.6 is 11.8 Å². The van der Waals surface area contributed by atoms with Gasteiger partial charge in [0, 0.05) is 5.75 Å². The summed E-state index contributed by atoms with van der Waals surface area (Å²) in [5, 5.41) is 3.69. The lowest BCUT2D eigenvalue weighted by Gasteiger charge is -2.25. The van der Waals surface area contributed by atoms with Gasteiger partial charge in [-0.15, -0.1) is 0 Å². The highest BCUT2D eigenvalue weighted by atomic mass is 32.2. The van der Waals surface area contributed by atoms with Crippen LogP contribution in [0.2, 0.25) is 0 Å². The first kappa shape index (κ1) is 15.9. The van der Waals surface area contributed by atoms with Crippen molar-refractivity contribution in [1.82, 2.24) is 10.3 Å². The van der Waals surface area contributed by atoms with E-state index in [4.69, 9.17) is 10.2 Å². The largest absolute Gasteiger partial charge is 0.431 e. The molecule has 0 aliphatic heterocycles. The van der Waals surface area contributed by atoms with Gasteiger partial charge in [-0.05, 0) is 38.9 Å². The molecule has 0 fully saturated rings. The normalized spacial score (nSPS) is 14.2. The van der Waals surface area contributed by atoms with E-state index in [0.29, 0.717) is 5.22 Å². The van der Waals surface area contributed by atoms with Crippen molar-refractivity contribution >= 4 is 28.8 Å². The number of benzene rings is 1. The molecule has 0 saturated carbocycles. The number of oxazole rings is 1. The molecule has 21 heavy (non-hydrogen) atoms. The Bertz CT molecular complexity index is 581. The monoisotopic (exact) mass is 307 g/mol. The smallest absolute Gasteiger partial charge is 0.256 e. The van der Waals surface area contributed by atoms with Crippen molar-refractivity contribution < 1.29 is 9.21 Å². The van der Waals surface area contributed by atoms with E-state index < -0.39 is 5.54 Å². The molecule has 0 aliphatic carbocycles. The first-order chi connectivity index (χ1) is 10.0. The Balaban J connectivity index is 1.76. The summed E-state index contributed by atoms with van der Waals surface area (Å²) in [6, 6.07) is 7.73. The Morgan fingerprint density at radius 1 is 1.43 bits per heavy atom. The van der Waals surface area contributed by atoms with Crippen LogP contribution in [0.3, 0.4) is 0 Å². The number of hydrogen-bond donors (Lipinski definition) is 2. The highest BCUT2D eigenvalue weighted by molar-refractivity contribution is 7.99. The molecule has 1 unspecified atom stereocenters. The maximum absolute atomic E-state index is 11.4. The van der Waals surface area contributed by atoms with Crippen LogP contribution in [0.5, 0.6) is 0 Å². The van der Waals surface area contributed by atoms with Gasteiger partial charge in [-0.25, -0.2) is 4.98 Å². The van der Waals surface area contributed by atoms with E-state index in [-0.39, 0.29) is 5.91 Å². The van der Waals surface area contributed by atoms with Gasteiger partial charge in [-0.3, -0.25) is 4.79 Å². The third-order valence-electron chi connectivity index (χ3n) is 3.67. The Morgan fingerprint density at radius 3 is 2.86 bits per heavy atom. The van der Waals surface area contributed by atoms with E-state index in [2.05, 4.69) is 10.3 Å². The van der Waals surface area contributed by atoms with E-state index in [1.54, 1.807) is 18.8 Å². The number of para-hydroxylation sites is 2. The minimum Gasteiger partial charge on any atom is -0.431 e. The van der Waals surface area contributed by atoms with Crippen LogP contribution in [0.4, 0.5) is 0 Å². The number of carbonyl (C=O) groups excluding carboxylic acids is 1. The summed E-state index contributed by atoms with van der Waals surface area (Å²) in [6.07, 6.45) is 2.63. The number of carbonyl (C=O) groups is 1.